The smallest absolute Gasteiger partial charge is 0.254 e. The van der Waals surface area contributed by atoms with Crippen molar-refractivity contribution in [1.82, 2.24) is 9.88 Å². The predicted molar refractivity (Wildman–Crippen MR) is 115 cm³/mol. The molecule has 1 heterocycles. The SMILES string of the molecule is COc1ccc(CN(Cc2cccc3ccccc23)C(=O)c2ccncc2)cc1. The van der Waals surface area contributed by atoms with Gasteiger partial charge in [-0.2, -0.15) is 0 Å². The van der Waals surface area contributed by atoms with E-state index in [1.165, 1.54) is 5.39 Å². The summed E-state index contributed by atoms with van der Waals surface area (Å²) in [5.41, 5.74) is 2.81. The molecule has 0 aliphatic carbocycles. The third kappa shape index (κ3) is 4.27. The van der Waals surface area contributed by atoms with Gasteiger partial charge in [0.1, 0.15) is 5.75 Å². The average Bonchev–Trinajstić information content (AvgIpc) is 2.79. The van der Waals surface area contributed by atoms with Crippen molar-refractivity contribution in [2.75, 3.05) is 7.11 Å². The van der Waals surface area contributed by atoms with Crippen LogP contribution in [-0.4, -0.2) is 22.9 Å². The van der Waals surface area contributed by atoms with E-state index in [0.29, 0.717) is 18.7 Å². The molecule has 0 aliphatic heterocycles. The van der Waals surface area contributed by atoms with Crippen LogP contribution in [0.25, 0.3) is 10.8 Å². The standard InChI is InChI=1S/C25H22N2O2/c1-29-23-11-9-19(10-12-23)17-27(25(28)21-13-15-26-16-14-21)18-22-7-4-6-20-5-2-3-8-24(20)22/h2-16H,17-18H2,1H3. The van der Waals surface area contributed by atoms with Gasteiger partial charge in [0.05, 0.1) is 7.11 Å². The quantitative estimate of drug-likeness (QED) is 0.467. The van der Waals surface area contributed by atoms with Crippen LogP contribution in [-0.2, 0) is 13.1 Å². The molecule has 0 radical (unpaired) electrons. The van der Waals surface area contributed by atoms with Crippen molar-refractivity contribution in [1.29, 1.82) is 0 Å². The van der Waals surface area contributed by atoms with E-state index in [0.717, 1.165) is 22.3 Å². The highest BCUT2D eigenvalue weighted by molar-refractivity contribution is 5.94. The van der Waals surface area contributed by atoms with Crippen molar-refractivity contribution < 1.29 is 9.53 Å². The third-order valence-electron chi connectivity index (χ3n) is 4.99. The van der Waals surface area contributed by atoms with E-state index in [2.05, 4.69) is 29.2 Å². The zero-order valence-corrected chi connectivity index (χ0v) is 16.3. The second-order valence-electron chi connectivity index (χ2n) is 6.88. The Hall–Kier alpha value is -3.66. The van der Waals surface area contributed by atoms with Gasteiger partial charge in [0.15, 0.2) is 0 Å². The Labute approximate surface area is 170 Å². The van der Waals surface area contributed by atoms with Crippen molar-refractivity contribution in [2.24, 2.45) is 0 Å². The number of nitrogens with zero attached hydrogens (tertiary/aromatic N) is 2. The highest BCUT2D eigenvalue weighted by Gasteiger charge is 2.18. The van der Waals surface area contributed by atoms with E-state index in [1.54, 1.807) is 31.6 Å². The molecule has 0 N–H and O–H groups in total. The monoisotopic (exact) mass is 382 g/mol. The molecule has 0 unspecified atom stereocenters. The second-order valence-corrected chi connectivity index (χ2v) is 6.88. The molecule has 29 heavy (non-hydrogen) atoms. The number of pyridine rings is 1. The lowest BCUT2D eigenvalue weighted by Crippen LogP contribution is -2.30. The van der Waals surface area contributed by atoms with Crippen molar-refractivity contribution in [3.8, 4) is 5.75 Å². The van der Waals surface area contributed by atoms with Gasteiger partial charge >= 0.3 is 0 Å². The first-order valence-corrected chi connectivity index (χ1v) is 9.53. The van der Waals surface area contributed by atoms with E-state index >= 15 is 0 Å². The molecule has 0 aliphatic rings. The number of fused-ring (bicyclic) bond motifs is 1. The molecule has 0 fully saturated rings. The number of aromatic nitrogens is 1. The molecule has 0 bridgehead atoms. The fraction of sp³-hybridized carbons (Fsp3) is 0.120. The molecule has 144 valence electrons. The summed E-state index contributed by atoms with van der Waals surface area (Å²) in [5.74, 6) is 0.783. The van der Waals surface area contributed by atoms with E-state index in [1.807, 2.05) is 47.4 Å². The summed E-state index contributed by atoms with van der Waals surface area (Å²) in [5, 5.41) is 2.34. The van der Waals surface area contributed by atoms with Crippen LogP contribution in [0.15, 0.2) is 91.3 Å². The lowest BCUT2D eigenvalue weighted by molar-refractivity contribution is 0.0730. The number of rotatable bonds is 6. The Balaban J connectivity index is 1.68. The normalized spacial score (nSPS) is 10.7. The summed E-state index contributed by atoms with van der Waals surface area (Å²) < 4.78 is 5.25. The van der Waals surface area contributed by atoms with Crippen molar-refractivity contribution >= 4 is 16.7 Å². The summed E-state index contributed by atoms with van der Waals surface area (Å²) in [7, 11) is 1.65. The molecule has 0 spiro atoms. The number of carbonyl (C=O) groups is 1. The number of ether oxygens (including phenoxy) is 1. The van der Waals surface area contributed by atoms with Gasteiger partial charge in [-0.1, -0.05) is 54.6 Å². The van der Waals surface area contributed by atoms with Gasteiger partial charge in [0.25, 0.3) is 5.91 Å². The Morgan fingerprint density at radius 3 is 2.34 bits per heavy atom. The van der Waals surface area contributed by atoms with Crippen LogP contribution >= 0.6 is 0 Å². The van der Waals surface area contributed by atoms with Gasteiger partial charge in [0, 0.05) is 31.0 Å². The first-order valence-electron chi connectivity index (χ1n) is 9.53. The molecule has 3 aromatic carbocycles. The molecule has 1 aromatic heterocycles. The van der Waals surface area contributed by atoms with Gasteiger partial charge in [-0.25, -0.2) is 0 Å². The van der Waals surface area contributed by atoms with E-state index in [9.17, 15) is 4.79 Å². The summed E-state index contributed by atoms with van der Waals surface area (Å²) in [6, 6.07) is 25.8. The average molecular weight is 382 g/mol. The van der Waals surface area contributed by atoms with Crippen LogP contribution in [0.1, 0.15) is 21.5 Å². The largest absolute Gasteiger partial charge is 0.497 e. The number of methoxy groups -OCH3 is 1. The van der Waals surface area contributed by atoms with E-state index in [-0.39, 0.29) is 5.91 Å². The predicted octanol–water partition coefficient (Wildman–Crippen LogP) is 5.09. The first-order chi connectivity index (χ1) is 14.2. The third-order valence-corrected chi connectivity index (χ3v) is 4.99. The number of carbonyl (C=O) groups excluding carboxylic acids is 1. The van der Waals surface area contributed by atoms with E-state index < -0.39 is 0 Å². The molecule has 4 nitrogen and oxygen atoms in total. The van der Waals surface area contributed by atoms with Crippen molar-refractivity contribution in [2.45, 2.75) is 13.1 Å². The molecule has 4 heteroatoms. The van der Waals surface area contributed by atoms with Crippen LogP contribution in [0.2, 0.25) is 0 Å². The zero-order valence-electron chi connectivity index (χ0n) is 16.3. The topological polar surface area (TPSA) is 42.4 Å². The molecular weight excluding hydrogens is 360 g/mol. The van der Waals surface area contributed by atoms with Crippen LogP contribution < -0.4 is 4.74 Å². The molecule has 4 rings (SSSR count). The molecule has 0 saturated carbocycles. The molecule has 0 saturated heterocycles. The second kappa shape index (κ2) is 8.57. The van der Waals surface area contributed by atoms with Crippen molar-refractivity contribution in [3.05, 3.63) is 108 Å². The lowest BCUT2D eigenvalue weighted by Gasteiger charge is -2.24. The maximum atomic E-state index is 13.3. The molecule has 1 amide bonds. The summed E-state index contributed by atoms with van der Waals surface area (Å²) in [6.07, 6.45) is 3.30. The van der Waals surface area contributed by atoms with Crippen molar-refractivity contribution in [3.63, 3.8) is 0 Å². The van der Waals surface area contributed by atoms with Gasteiger partial charge in [0.2, 0.25) is 0 Å². The fourth-order valence-corrected chi connectivity index (χ4v) is 3.46. The maximum absolute atomic E-state index is 13.3. The fourth-order valence-electron chi connectivity index (χ4n) is 3.46. The summed E-state index contributed by atoms with van der Waals surface area (Å²) in [4.78, 5) is 19.2. The number of hydrogen-bond donors (Lipinski definition) is 0. The minimum atomic E-state index is -0.0175. The number of hydrogen-bond acceptors (Lipinski definition) is 3. The maximum Gasteiger partial charge on any atom is 0.254 e. The number of amides is 1. The molecular formula is C25H22N2O2. The Morgan fingerprint density at radius 2 is 1.59 bits per heavy atom. The summed E-state index contributed by atoms with van der Waals surface area (Å²) >= 11 is 0. The Bertz CT molecular complexity index is 1100. The van der Waals surface area contributed by atoms with Crippen LogP contribution in [0, 0.1) is 0 Å². The first kappa shape index (κ1) is 18.7. The Kier molecular flexibility index (Phi) is 5.52. The van der Waals surface area contributed by atoms with Crippen LogP contribution in [0.4, 0.5) is 0 Å². The highest BCUT2D eigenvalue weighted by atomic mass is 16.5. The zero-order chi connectivity index (χ0) is 20.1. The minimum absolute atomic E-state index is 0.0175. The minimum Gasteiger partial charge on any atom is -0.497 e. The van der Waals surface area contributed by atoms with Gasteiger partial charge < -0.3 is 9.64 Å². The molecule has 0 atom stereocenters. The number of benzene rings is 3. The van der Waals surface area contributed by atoms with E-state index in [4.69, 9.17) is 4.74 Å². The highest BCUT2D eigenvalue weighted by Crippen LogP contribution is 2.22. The van der Waals surface area contributed by atoms with Crippen LogP contribution in [0.3, 0.4) is 0 Å². The summed E-state index contributed by atoms with van der Waals surface area (Å²) in [6.45, 7) is 1.03. The lowest BCUT2D eigenvalue weighted by atomic mass is 10.0. The van der Waals surface area contributed by atoms with Gasteiger partial charge in [-0.3, -0.25) is 9.78 Å². The molecule has 4 aromatic rings. The Morgan fingerprint density at radius 1 is 0.862 bits per heavy atom. The van der Waals surface area contributed by atoms with Crippen LogP contribution in [0.5, 0.6) is 5.75 Å². The van der Waals surface area contributed by atoms with Gasteiger partial charge in [-0.15, -0.1) is 0 Å². The van der Waals surface area contributed by atoms with Gasteiger partial charge in [-0.05, 0) is 46.2 Å².